The Balaban J connectivity index is 1.62. The standard InChI is InChI=1S/C26H29FN4O4/c1-15-6-11-20-21(30(15)26(34)35-2)12-13-22-23(20)29-25(28-18-5-3-4-17(27)14-18)31(22)19-9-7-16(8-10-19)24(32)33/h3-5,12-16,19H,6-11H2,1-2H3,(H,28,29)(H,32,33). The number of methoxy groups -OCH3 is 1. The van der Waals surface area contributed by atoms with Gasteiger partial charge in [0.15, 0.2) is 0 Å². The van der Waals surface area contributed by atoms with Crippen molar-refractivity contribution in [1.82, 2.24) is 9.55 Å². The highest BCUT2D eigenvalue weighted by Crippen LogP contribution is 2.41. The lowest BCUT2D eigenvalue weighted by Crippen LogP contribution is -2.42. The summed E-state index contributed by atoms with van der Waals surface area (Å²) < 4.78 is 21.1. The van der Waals surface area contributed by atoms with Crippen molar-refractivity contribution in [2.24, 2.45) is 5.92 Å². The van der Waals surface area contributed by atoms with Gasteiger partial charge < -0.3 is 19.7 Å². The zero-order chi connectivity index (χ0) is 24.7. The van der Waals surface area contributed by atoms with E-state index in [2.05, 4.69) is 9.88 Å². The number of carbonyl (C=O) groups is 2. The number of ether oxygens (including phenoxy) is 1. The molecule has 2 aromatic carbocycles. The van der Waals surface area contributed by atoms with Gasteiger partial charge in [-0.1, -0.05) is 6.07 Å². The Kier molecular flexibility index (Phi) is 6.08. The number of fused-ring (bicyclic) bond motifs is 3. The fraction of sp³-hybridized carbons (Fsp3) is 0.423. The molecule has 2 aliphatic rings. The van der Waals surface area contributed by atoms with Crippen molar-refractivity contribution in [2.75, 3.05) is 17.3 Å². The molecule has 1 aliphatic heterocycles. The number of carboxylic acid groups (broad SMARTS) is 1. The maximum absolute atomic E-state index is 13.9. The van der Waals surface area contributed by atoms with Crippen LogP contribution >= 0.6 is 0 Å². The Labute approximate surface area is 202 Å². The Bertz CT molecular complexity index is 1280. The molecule has 2 N–H and O–H groups in total. The Morgan fingerprint density at radius 3 is 2.60 bits per heavy atom. The minimum Gasteiger partial charge on any atom is -0.481 e. The van der Waals surface area contributed by atoms with Crippen LogP contribution in [-0.4, -0.2) is 39.9 Å². The number of aryl methyl sites for hydroxylation is 1. The molecule has 1 atom stereocenters. The molecule has 1 amide bonds. The van der Waals surface area contributed by atoms with Gasteiger partial charge >= 0.3 is 12.1 Å². The summed E-state index contributed by atoms with van der Waals surface area (Å²) in [6.07, 6.45) is 3.76. The van der Waals surface area contributed by atoms with Gasteiger partial charge in [-0.25, -0.2) is 14.2 Å². The zero-order valence-corrected chi connectivity index (χ0v) is 19.8. The molecule has 35 heavy (non-hydrogen) atoms. The number of carboxylic acids is 1. The van der Waals surface area contributed by atoms with Gasteiger partial charge in [0.25, 0.3) is 0 Å². The minimum absolute atomic E-state index is 0.00525. The first kappa shape index (κ1) is 23.1. The van der Waals surface area contributed by atoms with E-state index in [-0.39, 0.29) is 23.8 Å². The summed E-state index contributed by atoms with van der Waals surface area (Å²) in [5.74, 6) is -0.840. The van der Waals surface area contributed by atoms with Gasteiger partial charge in [-0.15, -0.1) is 0 Å². The summed E-state index contributed by atoms with van der Waals surface area (Å²) in [6, 6.07) is 10.2. The molecule has 3 aromatic rings. The third-order valence-electron chi connectivity index (χ3n) is 7.32. The van der Waals surface area contributed by atoms with Crippen molar-refractivity contribution < 1.29 is 23.8 Å². The number of anilines is 3. The van der Waals surface area contributed by atoms with Crippen LogP contribution in [0.4, 0.5) is 26.5 Å². The quantitative estimate of drug-likeness (QED) is 0.501. The van der Waals surface area contributed by atoms with Gasteiger partial charge in [0.1, 0.15) is 5.82 Å². The maximum Gasteiger partial charge on any atom is 0.414 e. The highest BCUT2D eigenvalue weighted by Gasteiger charge is 2.33. The van der Waals surface area contributed by atoms with Crippen LogP contribution in [-0.2, 0) is 16.0 Å². The van der Waals surface area contributed by atoms with E-state index in [0.717, 1.165) is 35.1 Å². The van der Waals surface area contributed by atoms with Crippen LogP contribution < -0.4 is 10.2 Å². The number of nitrogens with zero attached hydrogens (tertiary/aromatic N) is 3. The van der Waals surface area contributed by atoms with Crippen LogP contribution in [0.3, 0.4) is 0 Å². The average molecular weight is 481 g/mol. The largest absolute Gasteiger partial charge is 0.481 e. The molecule has 0 radical (unpaired) electrons. The first-order valence-corrected chi connectivity index (χ1v) is 12.0. The number of amides is 1. The van der Waals surface area contributed by atoms with Gasteiger partial charge in [0, 0.05) is 23.3 Å². The van der Waals surface area contributed by atoms with Crippen LogP contribution in [0.1, 0.15) is 50.6 Å². The third-order valence-corrected chi connectivity index (χ3v) is 7.32. The Morgan fingerprint density at radius 1 is 1.14 bits per heavy atom. The summed E-state index contributed by atoms with van der Waals surface area (Å²) in [5.41, 5.74) is 4.06. The van der Waals surface area contributed by atoms with E-state index >= 15 is 0 Å². The third kappa shape index (κ3) is 4.19. The van der Waals surface area contributed by atoms with Crippen molar-refractivity contribution in [2.45, 2.75) is 57.5 Å². The number of rotatable bonds is 4. The molecule has 1 aliphatic carbocycles. The van der Waals surface area contributed by atoms with E-state index in [0.29, 0.717) is 37.3 Å². The molecule has 184 valence electrons. The second kappa shape index (κ2) is 9.20. The van der Waals surface area contributed by atoms with Gasteiger partial charge in [0.2, 0.25) is 5.95 Å². The summed E-state index contributed by atoms with van der Waals surface area (Å²) in [6.45, 7) is 2.00. The summed E-state index contributed by atoms with van der Waals surface area (Å²) in [5, 5.41) is 12.7. The number of hydrogen-bond donors (Lipinski definition) is 2. The smallest absolute Gasteiger partial charge is 0.414 e. The zero-order valence-electron chi connectivity index (χ0n) is 19.8. The molecule has 9 heteroatoms. The fourth-order valence-corrected chi connectivity index (χ4v) is 5.51. The molecular weight excluding hydrogens is 451 g/mol. The molecule has 0 saturated heterocycles. The predicted molar refractivity (Wildman–Crippen MR) is 131 cm³/mol. The lowest BCUT2D eigenvalue weighted by Gasteiger charge is -2.34. The molecule has 1 unspecified atom stereocenters. The second-order valence-electron chi connectivity index (χ2n) is 9.44. The van der Waals surface area contributed by atoms with Crippen molar-refractivity contribution in [3.63, 3.8) is 0 Å². The number of imidazole rings is 1. The highest BCUT2D eigenvalue weighted by molar-refractivity contribution is 5.96. The SMILES string of the molecule is COC(=O)N1c2ccc3c(nc(Nc4cccc(F)c4)n3C3CCC(C(=O)O)CC3)c2CCC1C. The number of carbonyl (C=O) groups excluding carboxylic acids is 1. The number of benzene rings is 2. The number of hydrogen-bond acceptors (Lipinski definition) is 5. The number of aromatic nitrogens is 2. The van der Waals surface area contributed by atoms with Crippen molar-refractivity contribution in [3.05, 3.63) is 47.8 Å². The molecular formula is C26H29FN4O4. The van der Waals surface area contributed by atoms with Gasteiger partial charge in [-0.2, -0.15) is 0 Å². The molecule has 1 saturated carbocycles. The first-order chi connectivity index (χ1) is 16.9. The molecule has 2 heterocycles. The maximum atomic E-state index is 13.9. The van der Waals surface area contributed by atoms with E-state index in [1.165, 1.54) is 19.2 Å². The van der Waals surface area contributed by atoms with Gasteiger partial charge in [0.05, 0.1) is 29.7 Å². The van der Waals surface area contributed by atoms with Crippen LogP contribution in [0.5, 0.6) is 0 Å². The monoisotopic (exact) mass is 480 g/mol. The van der Waals surface area contributed by atoms with Crippen LogP contribution in [0.2, 0.25) is 0 Å². The lowest BCUT2D eigenvalue weighted by atomic mass is 9.86. The van der Waals surface area contributed by atoms with Gasteiger partial charge in [-0.05, 0) is 75.8 Å². The number of halogens is 1. The van der Waals surface area contributed by atoms with E-state index in [1.807, 2.05) is 19.1 Å². The number of aliphatic carboxylic acids is 1. The molecule has 0 bridgehead atoms. The topological polar surface area (TPSA) is 96.7 Å². The lowest BCUT2D eigenvalue weighted by molar-refractivity contribution is -0.143. The molecule has 8 nitrogen and oxygen atoms in total. The predicted octanol–water partition coefficient (Wildman–Crippen LogP) is 5.64. The minimum atomic E-state index is -0.747. The van der Waals surface area contributed by atoms with Gasteiger partial charge in [-0.3, -0.25) is 9.69 Å². The molecule has 0 spiro atoms. The number of nitrogens with one attached hydrogen (secondary N) is 1. The van der Waals surface area contributed by atoms with Crippen molar-refractivity contribution in [1.29, 1.82) is 0 Å². The summed E-state index contributed by atoms with van der Waals surface area (Å²) >= 11 is 0. The van der Waals surface area contributed by atoms with Crippen LogP contribution in [0.25, 0.3) is 11.0 Å². The summed E-state index contributed by atoms with van der Waals surface area (Å²) in [4.78, 5) is 30.7. The van der Waals surface area contributed by atoms with Crippen molar-refractivity contribution in [3.8, 4) is 0 Å². The van der Waals surface area contributed by atoms with Crippen LogP contribution in [0, 0.1) is 11.7 Å². The molecule has 1 fully saturated rings. The Hall–Kier alpha value is -3.62. The van der Waals surface area contributed by atoms with E-state index < -0.39 is 12.1 Å². The molecule has 5 rings (SSSR count). The van der Waals surface area contributed by atoms with E-state index in [9.17, 15) is 19.1 Å². The first-order valence-electron chi connectivity index (χ1n) is 12.0. The van der Waals surface area contributed by atoms with Crippen LogP contribution in [0.15, 0.2) is 36.4 Å². The summed E-state index contributed by atoms with van der Waals surface area (Å²) in [7, 11) is 1.38. The second-order valence-corrected chi connectivity index (χ2v) is 9.44. The highest BCUT2D eigenvalue weighted by atomic mass is 19.1. The fourth-order valence-electron chi connectivity index (χ4n) is 5.51. The molecule has 1 aromatic heterocycles. The van der Waals surface area contributed by atoms with Crippen molar-refractivity contribution >= 4 is 40.4 Å². The Morgan fingerprint density at radius 2 is 1.91 bits per heavy atom. The van der Waals surface area contributed by atoms with E-state index in [4.69, 9.17) is 9.72 Å². The average Bonchev–Trinajstić information content (AvgIpc) is 3.21. The van der Waals surface area contributed by atoms with E-state index in [1.54, 1.807) is 17.0 Å². The normalized spacial score (nSPS) is 22.0.